The molecule has 0 atom stereocenters. The summed E-state index contributed by atoms with van der Waals surface area (Å²) in [5.41, 5.74) is 10.6. The number of primary sulfonamides is 1. The minimum Gasteiger partial charge on any atom is -0.383 e. The van der Waals surface area contributed by atoms with Gasteiger partial charge in [-0.1, -0.05) is 6.07 Å². The van der Waals surface area contributed by atoms with E-state index in [0.717, 1.165) is 22.4 Å². The van der Waals surface area contributed by atoms with Crippen LogP contribution >= 0.6 is 0 Å². The van der Waals surface area contributed by atoms with Crippen molar-refractivity contribution < 1.29 is 8.42 Å². The van der Waals surface area contributed by atoms with Gasteiger partial charge in [0.2, 0.25) is 10.0 Å². The zero-order valence-electron chi connectivity index (χ0n) is 13.2. The largest absolute Gasteiger partial charge is 0.383 e. The fourth-order valence-electron chi connectivity index (χ4n) is 2.47. The number of aromatic amines is 1. The first-order valence-corrected chi connectivity index (χ1v) is 8.72. The van der Waals surface area contributed by atoms with Crippen LogP contribution in [-0.2, 0) is 10.0 Å². The van der Waals surface area contributed by atoms with Crippen molar-refractivity contribution in [2.45, 2.75) is 18.7 Å². The summed E-state index contributed by atoms with van der Waals surface area (Å²) in [6.45, 7) is 3.78. The highest BCUT2D eigenvalue weighted by Crippen LogP contribution is 2.31. The second-order valence-corrected chi connectivity index (χ2v) is 7.18. The maximum Gasteiger partial charge on any atom is 0.238 e. The lowest BCUT2D eigenvalue weighted by atomic mass is 10.00. The van der Waals surface area contributed by atoms with Crippen molar-refractivity contribution >= 4 is 15.8 Å². The van der Waals surface area contributed by atoms with Crippen LogP contribution in [-0.4, -0.2) is 23.6 Å². The molecule has 0 spiro atoms. The number of aromatic nitrogens is 3. The number of nitrogens with zero attached hydrogens (tertiary/aromatic N) is 2. The summed E-state index contributed by atoms with van der Waals surface area (Å²) in [7, 11) is -3.78. The first-order valence-electron chi connectivity index (χ1n) is 7.17. The summed E-state index contributed by atoms with van der Waals surface area (Å²) >= 11 is 0. The molecule has 3 aromatic rings. The monoisotopic (exact) mass is 343 g/mol. The molecule has 3 rings (SSSR count). The summed E-state index contributed by atoms with van der Waals surface area (Å²) in [6, 6.07) is 8.44. The number of rotatable bonds is 3. The van der Waals surface area contributed by atoms with Gasteiger partial charge in [0, 0.05) is 23.0 Å². The molecule has 0 saturated heterocycles. The van der Waals surface area contributed by atoms with E-state index < -0.39 is 10.0 Å². The average Bonchev–Trinajstić information content (AvgIpc) is 2.93. The average molecular weight is 343 g/mol. The van der Waals surface area contributed by atoms with E-state index in [1.807, 2.05) is 26.0 Å². The molecule has 5 N–H and O–H groups in total. The van der Waals surface area contributed by atoms with E-state index >= 15 is 0 Å². The van der Waals surface area contributed by atoms with E-state index in [1.54, 1.807) is 12.3 Å². The van der Waals surface area contributed by atoms with E-state index in [9.17, 15) is 8.42 Å². The zero-order valence-corrected chi connectivity index (χ0v) is 14.1. The highest BCUT2D eigenvalue weighted by molar-refractivity contribution is 7.89. The molecule has 0 fully saturated rings. The van der Waals surface area contributed by atoms with Crippen LogP contribution in [0.4, 0.5) is 5.82 Å². The van der Waals surface area contributed by atoms with Crippen LogP contribution in [0.15, 0.2) is 41.4 Å². The summed E-state index contributed by atoms with van der Waals surface area (Å²) in [5.74, 6) is 0.352. The number of sulfonamides is 1. The topological polar surface area (TPSA) is 128 Å². The number of hydrogen-bond acceptors (Lipinski definition) is 5. The van der Waals surface area contributed by atoms with Crippen molar-refractivity contribution in [2.24, 2.45) is 5.14 Å². The van der Waals surface area contributed by atoms with Gasteiger partial charge in [-0.15, -0.1) is 0 Å². The third-order valence-corrected chi connectivity index (χ3v) is 4.66. The molecule has 24 heavy (non-hydrogen) atoms. The molecule has 0 aliphatic carbocycles. The van der Waals surface area contributed by atoms with Crippen LogP contribution in [0.5, 0.6) is 0 Å². The van der Waals surface area contributed by atoms with E-state index in [-0.39, 0.29) is 4.90 Å². The van der Waals surface area contributed by atoms with Gasteiger partial charge in [0.25, 0.3) is 0 Å². The van der Waals surface area contributed by atoms with Gasteiger partial charge in [-0.3, -0.25) is 5.10 Å². The fourth-order valence-corrected chi connectivity index (χ4v) is 3.01. The van der Waals surface area contributed by atoms with Crippen molar-refractivity contribution in [2.75, 3.05) is 5.73 Å². The summed E-state index contributed by atoms with van der Waals surface area (Å²) in [6.07, 6.45) is 1.60. The molecule has 0 saturated carbocycles. The van der Waals surface area contributed by atoms with Crippen molar-refractivity contribution in [1.82, 2.24) is 15.2 Å². The molecule has 124 valence electrons. The Hall–Kier alpha value is -2.71. The van der Waals surface area contributed by atoms with Gasteiger partial charge < -0.3 is 5.73 Å². The standard InChI is InChI=1S/C16H17N5O2S/c1-9-3-4-12(24(18,22)23)7-13(9)11-6-14(16(17)19-8-11)15-5-10(2)20-21-15/h3-8H,1-2H3,(H2,17,19)(H,20,21)(H2,18,22,23). The molecule has 7 nitrogen and oxygen atoms in total. The smallest absolute Gasteiger partial charge is 0.238 e. The quantitative estimate of drug-likeness (QED) is 0.670. The SMILES string of the molecule is Cc1cc(-c2cc(-c3cc(S(N)(=O)=O)ccc3C)cnc2N)n[nH]1. The molecule has 1 aromatic carbocycles. The second kappa shape index (κ2) is 5.73. The van der Waals surface area contributed by atoms with Crippen LogP contribution in [0, 0.1) is 13.8 Å². The number of nitrogen functional groups attached to an aromatic ring is 1. The molecule has 0 unspecified atom stereocenters. The predicted molar refractivity (Wildman–Crippen MR) is 92.5 cm³/mol. The minimum atomic E-state index is -3.78. The molecular formula is C16H17N5O2S. The molecular weight excluding hydrogens is 326 g/mol. The molecule has 0 aliphatic heterocycles. The van der Waals surface area contributed by atoms with E-state index in [2.05, 4.69) is 15.2 Å². The van der Waals surface area contributed by atoms with Crippen molar-refractivity contribution in [3.05, 3.63) is 47.8 Å². The van der Waals surface area contributed by atoms with Crippen LogP contribution in [0.2, 0.25) is 0 Å². The van der Waals surface area contributed by atoms with Gasteiger partial charge in [0.15, 0.2) is 0 Å². The minimum absolute atomic E-state index is 0.0529. The summed E-state index contributed by atoms with van der Waals surface area (Å²) < 4.78 is 23.2. The summed E-state index contributed by atoms with van der Waals surface area (Å²) in [4.78, 5) is 4.27. The zero-order chi connectivity index (χ0) is 17.5. The van der Waals surface area contributed by atoms with Gasteiger partial charge >= 0.3 is 0 Å². The van der Waals surface area contributed by atoms with Crippen LogP contribution in [0.1, 0.15) is 11.3 Å². The van der Waals surface area contributed by atoms with Crippen molar-refractivity contribution in [3.8, 4) is 22.4 Å². The molecule has 2 aromatic heterocycles. The lowest BCUT2D eigenvalue weighted by molar-refractivity contribution is 0.598. The molecule has 0 amide bonds. The van der Waals surface area contributed by atoms with Gasteiger partial charge in [-0.2, -0.15) is 5.10 Å². The third-order valence-electron chi connectivity index (χ3n) is 3.75. The Morgan fingerprint density at radius 3 is 2.46 bits per heavy atom. The second-order valence-electron chi connectivity index (χ2n) is 5.61. The Balaban J connectivity index is 2.17. The molecule has 0 bridgehead atoms. The molecule has 2 heterocycles. The van der Waals surface area contributed by atoms with E-state index in [0.29, 0.717) is 17.1 Å². The Morgan fingerprint density at radius 1 is 1.08 bits per heavy atom. The number of nitrogens with two attached hydrogens (primary N) is 2. The Bertz CT molecular complexity index is 1020. The number of benzene rings is 1. The fraction of sp³-hybridized carbons (Fsp3) is 0.125. The number of hydrogen-bond donors (Lipinski definition) is 3. The Morgan fingerprint density at radius 2 is 1.83 bits per heavy atom. The van der Waals surface area contributed by atoms with Gasteiger partial charge in [-0.25, -0.2) is 18.5 Å². The maximum absolute atomic E-state index is 11.6. The lowest BCUT2D eigenvalue weighted by Crippen LogP contribution is -2.12. The van der Waals surface area contributed by atoms with Crippen molar-refractivity contribution in [1.29, 1.82) is 0 Å². The Labute approximate surface area is 139 Å². The van der Waals surface area contributed by atoms with Crippen molar-refractivity contribution in [3.63, 3.8) is 0 Å². The number of pyridine rings is 1. The highest BCUT2D eigenvalue weighted by Gasteiger charge is 2.14. The molecule has 8 heteroatoms. The van der Waals surface area contributed by atoms with Crippen LogP contribution < -0.4 is 10.9 Å². The molecule has 0 aliphatic rings. The number of aryl methyl sites for hydroxylation is 2. The molecule has 0 radical (unpaired) electrons. The number of anilines is 1. The maximum atomic E-state index is 11.6. The lowest BCUT2D eigenvalue weighted by Gasteiger charge is -2.10. The predicted octanol–water partition coefficient (Wildman–Crippen LogP) is 1.99. The highest BCUT2D eigenvalue weighted by atomic mass is 32.2. The van der Waals surface area contributed by atoms with E-state index in [4.69, 9.17) is 10.9 Å². The van der Waals surface area contributed by atoms with Gasteiger partial charge in [-0.05, 0) is 49.2 Å². The van der Waals surface area contributed by atoms with E-state index in [1.165, 1.54) is 12.1 Å². The number of H-pyrrole nitrogens is 1. The summed E-state index contributed by atoms with van der Waals surface area (Å²) in [5, 5.41) is 12.3. The third kappa shape index (κ3) is 3.01. The van der Waals surface area contributed by atoms with Crippen LogP contribution in [0.25, 0.3) is 22.4 Å². The van der Waals surface area contributed by atoms with Gasteiger partial charge in [0.1, 0.15) is 5.82 Å². The normalized spacial score (nSPS) is 11.6. The number of nitrogens with one attached hydrogen (secondary N) is 1. The first kappa shape index (κ1) is 16.2. The van der Waals surface area contributed by atoms with Gasteiger partial charge in [0.05, 0.1) is 10.6 Å². The Kier molecular flexibility index (Phi) is 3.86. The van der Waals surface area contributed by atoms with Crippen LogP contribution in [0.3, 0.4) is 0 Å². The first-order chi connectivity index (χ1) is 11.3.